The van der Waals surface area contributed by atoms with Crippen molar-refractivity contribution in [2.24, 2.45) is 0 Å². The second kappa shape index (κ2) is 5.06. The average molecular weight is 304 g/mol. The molecule has 5 nitrogen and oxygen atoms in total. The Hall–Kier alpha value is -2.60. The predicted molar refractivity (Wildman–Crippen MR) is 76.6 cm³/mol. The van der Waals surface area contributed by atoms with Crippen LogP contribution in [0.2, 0.25) is 5.15 Å². The SMILES string of the molecule is O=[N+]([O-])c1ccc2c(Cl)nc(-c3cccc(F)c3)nc2c1. The third kappa shape index (κ3) is 2.53. The first-order valence-electron chi connectivity index (χ1n) is 5.92. The standard InChI is InChI=1S/C14H7ClFN3O2/c15-13-11-5-4-10(19(20)21)7-12(11)17-14(18-13)8-2-1-3-9(16)6-8/h1-7H. The van der Waals surface area contributed by atoms with Crippen LogP contribution in [0.25, 0.3) is 22.3 Å². The highest BCUT2D eigenvalue weighted by Crippen LogP contribution is 2.27. The van der Waals surface area contributed by atoms with E-state index >= 15 is 0 Å². The molecule has 0 amide bonds. The number of rotatable bonds is 2. The molecule has 0 unspecified atom stereocenters. The van der Waals surface area contributed by atoms with Gasteiger partial charge in [0.15, 0.2) is 5.82 Å². The van der Waals surface area contributed by atoms with Crippen LogP contribution in [0.1, 0.15) is 0 Å². The Labute approximate surface area is 123 Å². The molecule has 2 aromatic carbocycles. The molecule has 1 aromatic heterocycles. The molecule has 3 rings (SSSR count). The van der Waals surface area contributed by atoms with Crippen LogP contribution in [-0.2, 0) is 0 Å². The maximum atomic E-state index is 13.3. The molecule has 0 aliphatic heterocycles. The molecule has 21 heavy (non-hydrogen) atoms. The highest BCUT2D eigenvalue weighted by Gasteiger charge is 2.12. The zero-order valence-corrected chi connectivity index (χ0v) is 11.2. The molecule has 0 aliphatic rings. The minimum Gasteiger partial charge on any atom is -0.258 e. The Morgan fingerprint density at radius 1 is 1.14 bits per heavy atom. The van der Waals surface area contributed by atoms with Crippen molar-refractivity contribution in [1.29, 1.82) is 0 Å². The number of nitro groups is 1. The van der Waals surface area contributed by atoms with Crippen molar-refractivity contribution >= 4 is 28.2 Å². The van der Waals surface area contributed by atoms with Gasteiger partial charge in [0.1, 0.15) is 11.0 Å². The van der Waals surface area contributed by atoms with Gasteiger partial charge in [-0.25, -0.2) is 14.4 Å². The lowest BCUT2D eigenvalue weighted by atomic mass is 10.2. The largest absolute Gasteiger partial charge is 0.271 e. The monoisotopic (exact) mass is 303 g/mol. The summed E-state index contributed by atoms with van der Waals surface area (Å²) in [6.07, 6.45) is 0. The summed E-state index contributed by atoms with van der Waals surface area (Å²) in [5.74, 6) is -0.209. The summed E-state index contributed by atoms with van der Waals surface area (Å²) in [4.78, 5) is 18.6. The molecule has 0 atom stereocenters. The van der Waals surface area contributed by atoms with Crippen LogP contribution in [-0.4, -0.2) is 14.9 Å². The van der Waals surface area contributed by atoms with Crippen molar-refractivity contribution in [3.63, 3.8) is 0 Å². The quantitative estimate of drug-likeness (QED) is 0.407. The number of halogens is 2. The fraction of sp³-hybridized carbons (Fsp3) is 0. The number of nitro benzene ring substituents is 1. The zero-order chi connectivity index (χ0) is 15.0. The van der Waals surface area contributed by atoms with Crippen molar-refractivity contribution in [1.82, 2.24) is 9.97 Å². The van der Waals surface area contributed by atoms with Crippen LogP contribution in [0.5, 0.6) is 0 Å². The van der Waals surface area contributed by atoms with E-state index in [4.69, 9.17) is 11.6 Å². The highest BCUT2D eigenvalue weighted by molar-refractivity contribution is 6.34. The van der Waals surface area contributed by atoms with Gasteiger partial charge in [-0.1, -0.05) is 23.7 Å². The third-order valence-corrected chi connectivity index (χ3v) is 3.22. The van der Waals surface area contributed by atoms with E-state index in [9.17, 15) is 14.5 Å². The number of hydrogen-bond donors (Lipinski definition) is 0. The van der Waals surface area contributed by atoms with Gasteiger partial charge < -0.3 is 0 Å². The van der Waals surface area contributed by atoms with Gasteiger partial charge in [0.2, 0.25) is 0 Å². The van der Waals surface area contributed by atoms with Crippen molar-refractivity contribution in [3.8, 4) is 11.4 Å². The van der Waals surface area contributed by atoms with Gasteiger partial charge in [0.05, 0.1) is 10.4 Å². The van der Waals surface area contributed by atoms with E-state index in [1.165, 1.54) is 36.4 Å². The Morgan fingerprint density at radius 3 is 2.67 bits per heavy atom. The number of aromatic nitrogens is 2. The predicted octanol–water partition coefficient (Wildman–Crippen LogP) is 4.00. The summed E-state index contributed by atoms with van der Waals surface area (Å²) in [6.45, 7) is 0. The number of hydrogen-bond acceptors (Lipinski definition) is 4. The first kappa shape index (κ1) is 13.4. The normalized spacial score (nSPS) is 10.8. The molecule has 0 bridgehead atoms. The zero-order valence-electron chi connectivity index (χ0n) is 10.5. The molecule has 0 fully saturated rings. The Bertz CT molecular complexity index is 870. The number of nitrogens with zero attached hydrogens (tertiary/aromatic N) is 3. The summed E-state index contributed by atoms with van der Waals surface area (Å²) >= 11 is 6.07. The van der Waals surface area contributed by atoms with Crippen molar-refractivity contribution in [2.75, 3.05) is 0 Å². The van der Waals surface area contributed by atoms with Crippen LogP contribution in [0.4, 0.5) is 10.1 Å². The van der Waals surface area contributed by atoms with Crippen molar-refractivity contribution in [3.05, 3.63) is 63.5 Å². The van der Waals surface area contributed by atoms with Crippen LogP contribution < -0.4 is 0 Å². The van der Waals surface area contributed by atoms with E-state index in [0.29, 0.717) is 16.5 Å². The number of benzene rings is 2. The summed E-state index contributed by atoms with van der Waals surface area (Å²) in [5, 5.41) is 11.5. The van der Waals surface area contributed by atoms with Gasteiger partial charge >= 0.3 is 0 Å². The van der Waals surface area contributed by atoms with E-state index < -0.39 is 10.7 Å². The smallest absolute Gasteiger partial charge is 0.258 e. The van der Waals surface area contributed by atoms with Crippen LogP contribution in [0, 0.1) is 15.9 Å². The van der Waals surface area contributed by atoms with Crippen LogP contribution >= 0.6 is 11.6 Å². The lowest BCUT2D eigenvalue weighted by Crippen LogP contribution is -1.94. The summed E-state index contributed by atoms with van der Waals surface area (Å²) < 4.78 is 13.3. The molecule has 3 aromatic rings. The van der Waals surface area contributed by atoms with E-state index in [2.05, 4.69) is 9.97 Å². The van der Waals surface area contributed by atoms with Gasteiger partial charge in [-0.2, -0.15) is 0 Å². The first-order valence-corrected chi connectivity index (χ1v) is 6.30. The lowest BCUT2D eigenvalue weighted by molar-refractivity contribution is -0.384. The average Bonchev–Trinajstić information content (AvgIpc) is 2.46. The summed E-state index contributed by atoms with van der Waals surface area (Å²) in [6, 6.07) is 9.87. The summed E-state index contributed by atoms with van der Waals surface area (Å²) in [5.41, 5.74) is 0.691. The number of fused-ring (bicyclic) bond motifs is 1. The first-order chi connectivity index (χ1) is 10.0. The molecule has 0 N–H and O–H groups in total. The maximum absolute atomic E-state index is 13.3. The highest BCUT2D eigenvalue weighted by atomic mass is 35.5. The van der Waals surface area contributed by atoms with E-state index in [1.807, 2.05) is 0 Å². The van der Waals surface area contributed by atoms with Crippen LogP contribution in [0.15, 0.2) is 42.5 Å². The lowest BCUT2D eigenvalue weighted by Gasteiger charge is -2.04. The van der Waals surface area contributed by atoms with Gasteiger partial charge in [-0.15, -0.1) is 0 Å². The molecule has 0 spiro atoms. The number of non-ortho nitro benzene ring substituents is 1. The molecule has 0 saturated carbocycles. The molecular weight excluding hydrogens is 297 g/mol. The second-order valence-corrected chi connectivity index (χ2v) is 4.66. The molecule has 0 saturated heterocycles. The van der Waals surface area contributed by atoms with Crippen molar-refractivity contribution in [2.45, 2.75) is 0 Å². The molecule has 7 heteroatoms. The molecule has 0 radical (unpaired) electrons. The third-order valence-electron chi connectivity index (χ3n) is 2.93. The van der Waals surface area contributed by atoms with Crippen molar-refractivity contribution < 1.29 is 9.31 Å². The van der Waals surface area contributed by atoms with E-state index in [-0.39, 0.29) is 16.7 Å². The van der Waals surface area contributed by atoms with Gasteiger partial charge in [0.25, 0.3) is 5.69 Å². The van der Waals surface area contributed by atoms with Gasteiger partial charge in [-0.05, 0) is 18.2 Å². The maximum Gasteiger partial charge on any atom is 0.271 e. The minimum absolute atomic E-state index is 0.0949. The Kier molecular flexibility index (Phi) is 3.23. The molecule has 1 heterocycles. The van der Waals surface area contributed by atoms with Gasteiger partial charge in [0, 0.05) is 23.1 Å². The van der Waals surface area contributed by atoms with Gasteiger partial charge in [-0.3, -0.25) is 10.1 Å². The molecule has 0 aliphatic carbocycles. The molecule has 104 valence electrons. The fourth-order valence-corrected chi connectivity index (χ4v) is 2.19. The Balaban J connectivity index is 2.23. The summed E-state index contributed by atoms with van der Waals surface area (Å²) in [7, 11) is 0. The minimum atomic E-state index is -0.517. The van der Waals surface area contributed by atoms with E-state index in [0.717, 1.165) is 0 Å². The fourth-order valence-electron chi connectivity index (χ4n) is 1.95. The Morgan fingerprint density at radius 2 is 1.95 bits per heavy atom. The van der Waals surface area contributed by atoms with Crippen LogP contribution in [0.3, 0.4) is 0 Å². The topological polar surface area (TPSA) is 68.9 Å². The molecular formula is C14H7ClFN3O2. The second-order valence-electron chi connectivity index (χ2n) is 4.31. The van der Waals surface area contributed by atoms with E-state index in [1.54, 1.807) is 6.07 Å².